The average Bonchev–Trinajstić information content (AvgIpc) is 1.62. The summed E-state index contributed by atoms with van der Waals surface area (Å²) in [7, 11) is 0. The molecule has 2 aromatic rings. The fourth-order valence-corrected chi connectivity index (χ4v) is 21.2. The normalized spacial score (nSPS) is 12.3. The van der Waals surface area contributed by atoms with Crippen molar-refractivity contribution in [1.29, 1.82) is 0 Å². The molecule has 0 unspecified atom stereocenters. The van der Waals surface area contributed by atoms with Crippen LogP contribution in [0.15, 0.2) is 72.4 Å². The summed E-state index contributed by atoms with van der Waals surface area (Å²) in [5.41, 5.74) is 25.1. The summed E-state index contributed by atoms with van der Waals surface area (Å²) < 4.78 is 1.72. The van der Waals surface area contributed by atoms with Crippen molar-refractivity contribution in [2.75, 3.05) is 0 Å². The van der Waals surface area contributed by atoms with E-state index in [0.717, 1.165) is 101 Å². The summed E-state index contributed by atoms with van der Waals surface area (Å²) in [6, 6.07) is 14.3. The largest absolute Gasteiger partial charge is 0.493 e. The number of hydrogen-bond acceptors (Lipinski definition) is 0. The van der Waals surface area contributed by atoms with Crippen LogP contribution in [0.2, 0.25) is 0 Å². The second-order valence-corrected chi connectivity index (χ2v) is 42.9. The lowest BCUT2D eigenvalue weighted by atomic mass is 9.90. The molecule has 764 valence electrons. The van der Waals surface area contributed by atoms with Crippen LogP contribution in [0.4, 0.5) is 0 Å². The lowest BCUT2D eigenvalue weighted by molar-refractivity contribution is -0.344. The lowest BCUT2D eigenvalue weighted by Gasteiger charge is -2.18. The number of rotatable bonds is 104. The molecule has 0 radical (unpaired) electrons. The average molecular weight is 1830 g/mol. The van der Waals surface area contributed by atoms with Crippen LogP contribution >= 0.6 is 0 Å². The van der Waals surface area contributed by atoms with Gasteiger partial charge in [0, 0.05) is 48.5 Å². The second-order valence-electron chi connectivity index (χ2n) is 42.9. The molecule has 0 atom stereocenters. The van der Waals surface area contributed by atoms with Crippen LogP contribution in [-0.2, 0) is 25.7 Å². The molecule has 0 saturated heterocycles. The summed E-state index contributed by atoms with van der Waals surface area (Å²) in [6.07, 6.45) is 151. The van der Waals surface area contributed by atoms with E-state index in [1.807, 2.05) is 0 Å². The first-order chi connectivity index (χ1) is 66.1. The van der Waals surface area contributed by atoms with Crippen molar-refractivity contribution in [2.24, 2.45) is 0 Å². The third-order valence-electron chi connectivity index (χ3n) is 30.2. The number of aryl methyl sites for hydroxylation is 2. The minimum atomic E-state index is 0.892. The molecule has 0 saturated carbocycles. The fourth-order valence-electron chi connectivity index (χ4n) is 21.2. The van der Waals surface area contributed by atoms with Crippen molar-refractivity contribution in [2.45, 2.75) is 690 Å². The molecule has 133 heavy (non-hydrogen) atoms. The van der Waals surface area contributed by atoms with E-state index >= 15 is 0 Å². The quantitative estimate of drug-likeness (QED) is 0.0273. The highest BCUT2D eigenvalue weighted by Crippen LogP contribution is 2.42. The lowest BCUT2D eigenvalue weighted by Crippen LogP contribution is -2.09. The molecule has 0 aromatic heterocycles. The highest BCUT2D eigenvalue weighted by Gasteiger charge is 2.32. The molecule has 1 aliphatic heterocycles. The van der Waals surface area contributed by atoms with Gasteiger partial charge < -0.3 is 5.53 Å². The fraction of sp³-hybridized carbons (Fsp3) is 0.817. The molecule has 2 nitrogen and oxygen atoms in total. The minimum Gasteiger partial charge on any atom is -0.493 e. The molecule has 0 bridgehead atoms. The van der Waals surface area contributed by atoms with Gasteiger partial charge in [0.25, 0.3) is 0 Å². The zero-order chi connectivity index (χ0) is 94.5. The van der Waals surface area contributed by atoms with Gasteiger partial charge in [0.1, 0.15) is 0 Å². The van der Waals surface area contributed by atoms with Gasteiger partial charge in [-0.05, 0) is 150 Å². The van der Waals surface area contributed by atoms with E-state index in [1.165, 1.54) is 604 Å². The SMILES string of the molecule is CCCCCCCCCCCCCCCCCCCC#CCCc1cccc(C2=CC(CCCCCCCCCCCCCCCCCCC)=C(c3cccc(CCC#CCCCCCCCCCCCCCCCCCCC)c3CCCCC=CCCCCCCCCCCCCCCCCCCC)[N+]2=[N-])c1CCCCC=CCCCCCCCCCCCCCCCCCCC. The molecule has 0 spiro atoms. The number of hydrogen-bond donors (Lipinski definition) is 0. The third kappa shape index (κ3) is 76.6. The van der Waals surface area contributed by atoms with Crippen molar-refractivity contribution in [1.82, 2.24) is 0 Å². The number of benzene rings is 2. The molecule has 2 aromatic carbocycles. The van der Waals surface area contributed by atoms with Crippen molar-refractivity contribution in [3.63, 3.8) is 0 Å². The van der Waals surface area contributed by atoms with Gasteiger partial charge in [-0.25, -0.2) is 4.70 Å². The van der Waals surface area contributed by atoms with Crippen LogP contribution in [0, 0.1) is 23.7 Å². The van der Waals surface area contributed by atoms with E-state index in [1.54, 1.807) is 4.70 Å². The molecule has 1 aliphatic rings. The van der Waals surface area contributed by atoms with E-state index in [9.17, 15) is 5.53 Å². The number of allylic oxidation sites excluding steroid dienone is 6. The van der Waals surface area contributed by atoms with Gasteiger partial charge in [0.2, 0.25) is 11.4 Å². The zero-order valence-electron chi connectivity index (χ0n) is 90.9. The van der Waals surface area contributed by atoms with E-state index in [4.69, 9.17) is 0 Å². The molecule has 0 amide bonds. The van der Waals surface area contributed by atoms with Crippen molar-refractivity contribution in [3.05, 3.63) is 111 Å². The minimum absolute atomic E-state index is 0.892. The van der Waals surface area contributed by atoms with Crippen LogP contribution in [0.1, 0.15) is 697 Å². The standard InChI is InChI=1S/C131H230N2/c1-6-11-16-21-26-31-36-41-46-51-55-59-61-65-69-74-79-84-89-94-99-104-109-118-126-123(113-106-101-96-91-86-81-76-72-67-63-57-53-48-43-38-33-28-23-18-13-8-3)116-111-120-128(126)130-122-125(115-108-103-98-93-88-83-78-71-50-45-40-35-30-25-20-15-10-5)131(133(130)132)129-121-112-117-124(114-107-102-97-92-87-82-77-73-68-64-58-54-49-44-39-34-29-24-19-14-9-4)127(129)119-110-105-100-95-90-85-80-75-70-66-62-60-56-52-47-42-37-32-27-22-17-12-7-2/h89-90,94-95,111-112,116-117,120-122H,6-88,91-93,98-100,103-110,113-115,118-119H2,1-5H3. The first kappa shape index (κ1) is 123. The van der Waals surface area contributed by atoms with E-state index in [0.29, 0.717) is 0 Å². The predicted molar refractivity (Wildman–Crippen MR) is 601 cm³/mol. The monoisotopic (exact) mass is 1830 g/mol. The van der Waals surface area contributed by atoms with Crippen LogP contribution in [0.3, 0.4) is 0 Å². The van der Waals surface area contributed by atoms with Crippen LogP contribution in [-0.4, -0.2) is 4.70 Å². The van der Waals surface area contributed by atoms with Crippen molar-refractivity contribution < 1.29 is 4.70 Å². The molecule has 0 N–H and O–H groups in total. The Hall–Kier alpha value is -3.88. The Kier molecular flexibility index (Phi) is 93.7. The summed E-state index contributed by atoms with van der Waals surface area (Å²) in [5, 5.41) is 0. The molecule has 0 aliphatic carbocycles. The topological polar surface area (TPSA) is 25.3 Å². The third-order valence-corrected chi connectivity index (χ3v) is 30.2. The van der Waals surface area contributed by atoms with Crippen LogP contribution in [0.25, 0.3) is 16.9 Å². The Morgan fingerprint density at radius 3 is 0.654 bits per heavy atom. The summed E-state index contributed by atoms with van der Waals surface area (Å²) in [5.74, 6) is 14.8. The zero-order valence-corrected chi connectivity index (χ0v) is 90.9. The Balaban J connectivity index is 1.82. The second kappa shape index (κ2) is 101. The molecule has 1 heterocycles. The van der Waals surface area contributed by atoms with Crippen LogP contribution in [0.5, 0.6) is 0 Å². The van der Waals surface area contributed by atoms with E-state index in [-0.39, 0.29) is 0 Å². The first-order valence-electron chi connectivity index (χ1n) is 61.5. The Morgan fingerprint density at radius 1 is 0.203 bits per heavy atom. The molecule has 0 fully saturated rings. The highest BCUT2D eigenvalue weighted by atomic mass is 15.2. The maximum Gasteiger partial charge on any atom is 0.211 e. The van der Waals surface area contributed by atoms with Gasteiger partial charge in [-0.1, -0.05) is 597 Å². The Bertz CT molecular complexity index is 3060. The maximum atomic E-state index is 13.5. The summed E-state index contributed by atoms with van der Waals surface area (Å²) in [6.45, 7) is 11.6. The Labute approximate surface area is 835 Å². The first-order valence-corrected chi connectivity index (χ1v) is 61.5. The van der Waals surface area contributed by atoms with E-state index < -0.39 is 0 Å². The molecule has 2 heteroatoms. The van der Waals surface area contributed by atoms with Gasteiger partial charge in [-0.15, -0.1) is 23.7 Å². The van der Waals surface area contributed by atoms with E-state index in [2.05, 4.69) is 125 Å². The maximum absolute atomic E-state index is 13.5. The van der Waals surface area contributed by atoms with Gasteiger partial charge >= 0.3 is 0 Å². The van der Waals surface area contributed by atoms with Crippen molar-refractivity contribution >= 4 is 11.4 Å². The summed E-state index contributed by atoms with van der Waals surface area (Å²) in [4.78, 5) is 0. The molecular formula is C131H230N2. The Morgan fingerprint density at radius 2 is 0.398 bits per heavy atom. The van der Waals surface area contributed by atoms with Crippen molar-refractivity contribution in [3.8, 4) is 23.7 Å². The van der Waals surface area contributed by atoms with Gasteiger partial charge in [0.05, 0.1) is 0 Å². The predicted octanol–water partition coefficient (Wildman–Crippen LogP) is 46.1. The highest BCUT2D eigenvalue weighted by molar-refractivity contribution is 5.81. The number of nitrogens with zero attached hydrogens (tertiary/aromatic N) is 2. The van der Waals surface area contributed by atoms with Gasteiger partial charge in [0.15, 0.2) is 0 Å². The van der Waals surface area contributed by atoms with Gasteiger partial charge in [-0.3, -0.25) is 0 Å². The summed E-state index contributed by atoms with van der Waals surface area (Å²) >= 11 is 0. The van der Waals surface area contributed by atoms with Gasteiger partial charge in [-0.2, -0.15) is 0 Å². The molecule has 3 rings (SSSR count). The van der Waals surface area contributed by atoms with Crippen LogP contribution < -0.4 is 0 Å². The molecular weight excluding hydrogens is 1600 g/mol. The smallest absolute Gasteiger partial charge is 0.211 e. The number of unbranched alkanes of at least 4 members (excludes halogenated alkanes) is 88.